The van der Waals surface area contributed by atoms with E-state index in [1.165, 1.54) is 6.07 Å². The Kier molecular flexibility index (Phi) is 4.35. The van der Waals surface area contributed by atoms with Crippen LogP contribution < -0.4 is 0 Å². The smallest absolute Gasteiger partial charge is 0.337 e. The van der Waals surface area contributed by atoms with Crippen molar-refractivity contribution in [1.29, 1.82) is 0 Å². The summed E-state index contributed by atoms with van der Waals surface area (Å²) in [6.45, 7) is 0. The minimum Gasteiger partial charge on any atom is -0.337 e. The fraction of sp³-hybridized carbons (Fsp3) is 0.0870. The molecule has 0 aliphatic rings. The lowest BCUT2D eigenvalue weighted by Crippen LogP contribution is -2.05. The number of H-pyrrole nitrogens is 1. The SMILES string of the molecule is Cn1cnnc1-c1ccccc1-c1cccc(-c2nc3cccc(C(F)(F)F)c3[nH]2)c1. The van der Waals surface area contributed by atoms with Gasteiger partial charge in [0.05, 0.1) is 16.6 Å². The second-order valence-corrected chi connectivity index (χ2v) is 7.17. The molecule has 31 heavy (non-hydrogen) atoms. The third-order valence-corrected chi connectivity index (χ3v) is 5.15. The Morgan fingerprint density at radius 2 is 1.61 bits per heavy atom. The number of para-hydroxylation sites is 1. The largest absolute Gasteiger partial charge is 0.418 e. The number of alkyl halides is 3. The molecule has 154 valence electrons. The van der Waals surface area contributed by atoms with Crippen molar-refractivity contribution in [3.63, 3.8) is 0 Å². The van der Waals surface area contributed by atoms with Crippen molar-refractivity contribution in [1.82, 2.24) is 24.7 Å². The van der Waals surface area contributed by atoms with Crippen molar-refractivity contribution >= 4 is 11.0 Å². The molecule has 8 heteroatoms. The molecule has 0 amide bonds. The molecule has 5 aromatic rings. The van der Waals surface area contributed by atoms with Crippen LogP contribution in [0.15, 0.2) is 73.1 Å². The number of aromatic amines is 1. The quantitative estimate of drug-likeness (QED) is 0.407. The van der Waals surface area contributed by atoms with E-state index in [0.717, 1.165) is 28.6 Å². The highest BCUT2D eigenvalue weighted by molar-refractivity contribution is 5.85. The van der Waals surface area contributed by atoms with Gasteiger partial charge in [0.1, 0.15) is 12.2 Å². The van der Waals surface area contributed by atoms with Gasteiger partial charge >= 0.3 is 6.18 Å². The summed E-state index contributed by atoms with van der Waals surface area (Å²) in [6, 6.07) is 19.3. The first-order chi connectivity index (χ1) is 14.9. The molecule has 2 aromatic heterocycles. The molecule has 0 bridgehead atoms. The molecule has 3 aromatic carbocycles. The Hall–Kier alpha value is -3.94. The highest BCUT2D eigenvalue weighted by atomic mass is 19.4. The Labute approximate surface area is 175 Å². The minimum atomic E-state index is -4.46. The maximum absolute atomic E-state index is 13.4. The van der Waals surface area contributed by atoms with Gasteiger partial charge in [0.2, 0.25) is 0 Å². The van der Waals surface area contributed by atoms with Crippen LogP contribution in [-0.4, -0.2) is 24.7 Å². The number of nitrogens with zero attached hydrogens (tertiary/aromatic N) is 4. The van der Waals surface area contributed by atoms with Crippen LogP contribution in [0.4, 0.5) is 13.2 Å². The average molecular weight is 419 g/mol. The van der Waals surface area contributed by atoms with E-state index in [1.807, 2.05) is 60.1 Å². The zero-order valence-corrected chi connectivity index (χ0v) is 16.4. The number of hydrogen-bond acceptors (Lipinski definition) is 3. The van der Waals surface area contributed by atoms with Crippen molar-refractivity contribution in [3.05, 3.63) is 78.6 Å². The third kappa shape index (κ3) is 3.35. The van der Waals surface area contributed by atoms with Crippen LogP contribution in [0.3, 0.4) is 0 Å². The predicted molar refractivity (Wildman–Crippen MR) is 112 cm³/mol. The van der Waals surface area contributed by atoms with Crippen molar-refractivity contribution < 1.29 is 13.2 Å². The second kappa shape index (κ2) is 7.09. The first-order valence-electron chi connectivity index (χ1n) is 9.52. The van der Waals surface area contributed by atoms with E-state index in [0.29, 0.717) is 11.4 Å². The van der Waals surface area contributed by atoms with Gasteiger partial charge in [-0.15, -0.1) is 10.2 Å². The summed E-state index contributed by atoms with van der Waals surface area (Å²) in [5.41, 5.74) is 2.95. The average Bonchev–Trinajstić information content (AvgIpc) is 3.39. The van der Waals surface area contributed by atoms with Crippen LogP contribution in [0, 0.1) is 0 Å². The van der Waals surface area contributed by atoms with Crippen LogP contribution in [0.1, 0.15) is 5.56 Å². The normalized spacial score (nSPS) is 11.9. The summed E-state index contributed by atoms with van der Waals surface area (Å²) >= 11 is 0. The lowest BCUT2D eigenvalue weighted by atomic mass is 9.97. The molecule has 1 N–H and O–H groups in total. The highest BCUT2D eigenvalue weighted by Crippen LogP contribution is 2.36. The summed E-state index contributed by atoms with van der Waals surface area (Å²) in [5, 5.41) is 8.16. The number of halogens is 3. The van der Waals surface area contributed by atoms with E-state index >= 15 is 0 Å². The van der Waals surface area contributed by atoms with Crippen LogP contribution in [0.5, 0.6) is 0 Å². The molecule has 5 nitrogen and oxygen atoms in total. The Balaban J connectivity index is 1.63. The monoisotopic (exact) mass is 419 g/mol. The standard InChI is InChI=1S/C23H16F3N5/c1-31-13-27-30-22(31)17-9-3-2-8-16(17)14-6-4-7-15(12-14)21-28-19-11-5-10-18(20(19)29-21)23(24,25)26/h2-13H,1H3,(H,28,29). The molecular weight excluding hydrogens is 403 g/mol. The topological polar surface area (TPSA) is 59.4 Å². The zero-order valence-electron chi connectivity index (χ0n) is 16.4. The molecular formula is C23H16F3N5. The van der Waals surface area contributed by atoms with Gasteiger partial charge in [-0.2, -0.15) is 13.2 Å². The molecule has 0 saturated carbocycles. The van der Waals surface area contributed by atoms with Crippen molar-refractivity contribution in [2.45, 2.75) is 6.18 Å². The zero-order chi connectivity index (χ0) is 21.6. The third-order valence-electron chi connectivity index (χ3n) is 5.15. The number of hydrogen-bond donors (Lipinski definition) is 1. The second-order valence-electron chi connectivity index (χ2n) is 7.17. The van der Waals surface area contributed by atoms with E-state index in [-0.39, 0.29) is 11.0 Å². The van der Waals surface area contributed by atoms with Crippen molar-refractivity contribution in [2.24, 2.45) is 7.05 Å². The van der Waals surface area contributed by atoms with E-state index in [2.05, 4.69) is 20.2 Å². The lowest BCUT2D eigenvalue weighted by Gasteiger charge is -2.10. The van der Waals surface area contributed by atoms with Crippen LogP contribution in [0.2, 0.25) is 0 Å². The van der Waals surface area contributed by atoms with Crippen molar-refractivity contribution in [2.75, 3.05) is 0 Å². The molecule has 0 radical (unpaired) electrons. The van der Waals surface area contributed by atoms with Gasteiger partial charge in [0.15, 0.2) is 5.82 Å². The summed E-state index contributed by atoms with van der Waals surface area (Å²) in [5.74, 6) is 1.10. The van der Waals surface area contributed by atoms with Crippen LogP contribution in [-0.2, 0) is 13.2 Å². The van der Waals surface area contributed by atoms with Gasteiger partial charge in [-0.3, -0.25) is 0 Å². The molecule has 0 saturated heterocycles. The maximum atomic E-state index is 13.4. The van der Waals surface area contributed by atoms with Gasteiger partial charge < -0.3 is 9.55 Å². The molecule has 0 aliphatic carbocycles. The Morgan fingerprint density at radius 3 is 2.35 bits per heavy atom. The number of imidazole rings is 1. The molecule has 2 heterocycles. The van der Waals surface area contributed by atoms with Crippen molar-refractivity contribution in [3.8, 4) is 33.9 Å². The Morgan fingerprint density at radius 1 is 0.871 bits per heavy atom. The number of benzene rings is 3. The number of fused-ring (bicyclic) bond motifs is 1. The van der Waals surface area contributed by atoms with E-state index in [1.54, 1.807) is 12.4 Å². The molecule has 0 unspecified atom stereocenters. The number of rotatable bonds is 3. The maximum Gasteiger partial charge on any atom is 0.418 e. The van der Waals surface area contributed by atoms with Gasteiger partial charge in [0.25, 0.3) is 0 Å². The van der Waals surface area contributed by atoms with Gasteiger partial charge in [-0.25, -0.2) is 4.98 Å². The number of aryl methyl sites for hydroxylation is 1. The number of aromatic nitrogens is 5. The summed E-state index contributed by atoms with van der Waals surface area (Å²) in [4.78, 5) is 7.26. The minimum absolute atomic E-state index is 0.0186. The van der Waals surface area contributed by atoms with Crippen LogP contribution >= 0.6 is 0 Å². The molecule has 0 fully saturated rings. The molecule has 5 rings (SSSR count). The fourth-order valence-electron chi connectivity index (χ4n) is 3.70. The highest BCUT2D eigenvalue weighted by Gasteiger charge is 2.33. The van der Waals surface area contributed by atoms with E-state index in [4.69, 9.17) is 0 Å². The fourth-order valence-corrected chi connectivity index (χ4v) is 3.70. The molecule has 0 spiro atoms. The first kappa shape index (κ1) is 19.0. The number of nitrogens with one attached hydrogen (secondary N) is 1. The molecule has 0 atom stereocenters. The van der Waals surface area contributed by atoms with E-state index in [9.17, 15) is 13.2 Å². The van der Waals surface area contributed by atoms with Crippen LogP contribution in [0.25, 0.3) is 44.9 Å². The predicted octanol–water partition coefficient (Wildman–Crippen LogP) is 5.71. The van der Waals surface area contributed by atoms with Gasteiger partial charge in [-0.05, 0) is 29.3 Å². The summed E-state index contributed by atoms with van der Waals surface area (Å²) < 4.78 is 41.9. The van der Waals surface area contributed by atoms with E-state index < -0.39 is 11.7 Å². The van der Waals surface area contributed by atoms with Gasteiger partial charge in [0, 0.05) is 18.2 Å². The molecule has 0 aliphatic heterocycles. The lowest BCUT2D eigenvalue weighted by molar-refractivity contribution is -0.136. The summed E-state index contributed by atoms with van der Waals surface area (Å²) in [6.07, 6.45) is -2.82. The summed E-state index contributed by atoms with van der Waals surface area (Å²) in [7, 11) is 1.87. The Bertz CT molecular complexity index is 1400. The first-order valence-corrected chi connectivity index (χ1v) is 9.52. The van der Waals surface area contributed by atoms with Gasteiger partial charge in [-0.1, -0.05) is 48.5 Å².